The zero-order chi connectivity index (χ0) is 15.4. The number of fused-ring (bicyclic) bond motifs is 1. The van der Waals surface area contributed by atoms with E-state index in [1.807, 2.05) is 6.07 Å². The van der Waals surface area contributed by atoms with Crippen molar-refractivity contribution in [3.8, 4) is 0 Å². The first kappa shape index (κ1) is 18.1. The Balaban J connectivity index is 0.00000192. The number of nitrogen functional groups attached to an aromatic ring is 1. The standard InChI is InChI=1S/C19H28N2O.ClH/c20-16-11-12-17-15(13-16)9-6-10-18(17)21-19(22)14-7-4-2-1-3-5-8-14;/h11-14,18H,1-10,20H2,(H,21,22);1H. The second kappa shape index (κ2) is 8.58. The average molecular weight is 337 g/mol. The van der Waals surface area contributed by atoms with Crippen molar-refractivity contribution < 1.29 is 4.79 Å². The lowest BCUT2D eigenvalue weighted by Gasteiger charge is -2.29. The van der Waals surface area contributed by atoms with Crippen LogP contribution in [0.1, 0.15) is 75.0 Å². The van der Waals surface area contributed by atoms with Gasteiger partial charge >= 0.3 is 0 Å². The fourth-order valence-corrected chi connectivity index (χ4v) is 3.99. The van der Waals surface area contributed by atoms with Gasteiger partial charge in [-0.2, -0.15) is 0 Å². The van der Waals surface area contributed by atoms with Crippen molar-refractivity contribution in [3.05, 3.63) is 29.3 Å². The molecule has 1 atom stereocenters. The second-order valence-corrected chi connectivity index (χ2v) is 6.95. The topological polar surface area (TPSA) is 55.1 Å². The normalized spacial score (nSPS) is 22.2. The molecule has 0 radical (unpaired) electrons. The molecule has 0 spiro atoms. The molecule has 2 aliphatic rings. The molecule has 1 fully saturated rings. The number of carbonyl (C=O) groups excluding carboxylic acids is 1. The van der Waals surface area contributed by atoms with Crippen molar-refractivity contribution in [2.24, 2.45) is 5.92 Å². The molecule has 0 saturated heterocycles. The van der Waals surface area contributed by atoms with Crippen LogP contribution >= 0.6 is 12.4 Å². The number of amides is 1. The molecule has 3 rings (SSSR count). The van der Waals surface area contributed by atoms with Gasteiger partial charge in [0.2, 0.25) is 5.91 Å². The van der Waals surface area contributed by atoms with E-state index in [4.69, 9.17) is 5.73 Å². The lowest BCUT2D eigenvalue weighted by molar-refractivity contribution is -0.126. The Kier molecular flexibility index (Phi) is 6.76. The summed E-state index contributed by atoms with van der Waals surface area (Å²) in [6.07, 6.45) is 11.7. The Bertz CT molecular complexity index is 524. The minimum absolute atomic E-state index is 0. The summed E-state index contributed by atoms with van der Waals surface area (Å²) in [6, 6.07) is 6.32. The summed E-state index contributed by atoms with van der Waals surface area (Å²) in [5.74, 6) is 0.496. The monoisotopic (exact) mass is 336 g/mol. The maximum atomic E-state index is 12.7. The summed E-state index contributed by atoms with van der Waals surface area (Å²) in [6.45, 7) is 0. The van der Waals surface area contributed by atoms with Crippen molar-refractivity contribution in [2.45, 2.75) is 70.3 Å². The molecule has 1 amide bonds. The predicted octanol–water partition coefficient (Wildman–Crippen LogP) is 4.54. The van der Waals surface area contributed by atoms with E-state index < -0.39 is 0 Å². The molecule has 2 aliphatic carbocycles. The lowest BCUT2D eigenvalue weighted by Crippen LogP contribution is -2.36. The molecule has 4 heteroatoms. The number of rotatable bonds is 2. The minimum atomic E-state index is 0. The van der Waals surface area contributed by atoms with E-state index in [-0.39, 0.29) is 30.3 Å². The Morgan fingerprint density at radius 1 is 1.00 bits per heavy atom. The highest BCUT2D eigenvalue weighted by molar-refractivity contribution is 5.85. The quantitative estimate of drug-likeness (QED) is 0.779. The van der Waals surface area contributed by atoms with Crippen molar-refractivity contribution >= 4 is 24.0 Å². The summed E-state index contributed by atoms with van der Waals surface area (Å²) in [4.78, 5) is 12.7. The molecule has 0 heterocycles. The van der Waals surface area contributed by atoms with Gasteiger partial charge in [-0.05, 0) is 55.4 Å². The van der Waals surface area contributed by atoms with Gasteiger partial charge in [0.05, 0.1) is 6.04 Å². The van der Waals surface area contributed by atoms with E-state index in [1.54, 1.807) is 0 Å². The van der Waals surface area contributed by atoms with E-state index in [9.17, 15) is 4.79 Å². The number of anilines is 1. The van der Waals surface area contributed by atoms with Crippen LogP contribution in [0.4, 0.5) is 5.69 Å². The number of nitrogens with one attached hydrogen (secondary N) is 1. The number of nitrogens with two attached hydrogens (primary N) is 1. The molecular weight excluding hydrogens is 308 g/mol. The van der Waals surface area contributed by atoms with Gasteiger partial charge in [0, 0.05) is 11.6 Å². The van der Waals surface area contributed by atoms with Crippen LogP contribution in [0, 0.1) is 5.92 Å². The summed E-state index contributed by atoms with van der Waals surface area (Å²) in [5.41, 5.74) is 9.31. The van der Waals surface area contributed by atoms with Crippen LogP contribution < -0.4 is 11.1 Å². The van der Waals surface area contributed by atoms with Crippen molar-refractivity contribution in [1.29, 1.82) is 0 Å². The van der Waals surface area contributed by atoms with Crippen LogP contribution in [0.3, 0.4) is 0 Å². The molecule has 1 aromatic rings. The van der Waals surface area contributed by atoms with E-state index in [1.165, 1.54) is 43.2 Å². The summed E-state index contributed by atoms with van der Waals surface area (Å²) >= 11 is 0. The number of halogens is 1. The maximum absolute atomic E-state index is 12.7. The fourth-order valence-electron chi connectivity index (χ4n) is 3.99. The largest absolute Gasteiger partial charge is 0.399 e. The molecule has 1 saturated carbocycles. The predicted molar refractivity (Wildman–Crippen MR) is 97.7 cm³/mol. The van der Waals surface area contributed by atoms with Gasteiger partial charge in [0.1, 0.15) is 0 Å². The van der Waals surface area contributed by atoms with Crippen LogP contribution in [-0.4, -0.2) is 5.91 Å². The van der Waals surface area contributed by atoms with Crippen LogP contribution in [0.25, 0.3) is 0 Å². The highest BCUT2D eigenvalue weighted by atomic mass is 35.5. The number of benzene rings is 1. The van der Waals surface area contributed by atoms with Crippen LogP contribution in [0.5, 0.6) is 0 Å². The third-order valence-electron chi connectivity index (χ3n) is 5.27. The van der Waals surface area contributed by atoms with Gasteiger partial charge < -0.3 is 11.1 Å². The maximum Gasteiger partial charge on any atom is 0.223 e. The number of hydrogen-bond acceptors (Lipinski definition) is 2. The van der Waals surface area contributed by atoms with Crippen molar-refractivity contribution in [1.82, 2.24) is 5.32 Å². The van der Waals surface area contributed by atoms with Crippen LogP contribution in [0.15, 0.2) is 18.2 Å². The van der Waals surface area contributed by atoms with E-state index in [0.29, 0.717) is 0 Å². The van der Waals surface area contributed by atoms with E-state index >= 15 is 0 Å². The third kappa shape index (κ3) is 4.63. The Labute approximate surface area is 145 Å². The zero-order valence-electron chi connectivity index (χ0n) is 13.9. The summed E-state index contributed by atoms with van der Waals surface area (Å²) in [5, 5.41) is 3.33. The number of carbonyl (C=O) groups is 1. The molecule has 1 unspecified atom stereocenters. The molecule has 23 heavy (non-hydrogen) atoms. The SMILES string of the molecule is Cl.Nc1ccc2c(c1)CCCC2NC(=O)C1CCCCCCC1. The van der Waals surface area contributed by atoms with Gasteiger partial charge in [-0.15, -0.1) is 12.4 Å². The Morgan fingerprint density at radius 2 is 1.70 bits per heavy atom. The molecule has 128 valence electrons. The van der Waals surface area contributed by atoms with Crippen molar-refractivity contribution in [3.63, 3.8) is 0 Å². The fraction of sp³-hybridized carbons (Fsp3) is 0.632. The van der Waals surface area contributed by atoms with Gasteiger partial charge in [-0.3, -0.25) is 4.79 Å². The highest BCUT2D eigenvalue weighted by Gasteiger charge is 2.25. The van der Waals surface area contributed by atoms with Gasteiger partial charge in [-0.25, -0.2) is 0 Å². The second-order valence-electron chi connectivity index (χ2n) is 6.95. The Morgan fingerprint density at radius 3 is 2.43 bits per heavy atom. The van der Waals surface area contributed by atoms with E-state index in [2.05, 4.69) is 17.4 Å². The zero-order valence-corrected chi connectivity index (χ0v) is 14.7. The highest BCUT2D eigenvalue weighted by Crippen LogP contribution is 2.32. The van der Waals surface area contributed by atoms with Gasteiger partial charge in [-0.1, -0.05) is 38.2 Å². The summed E-state index contributed by atoms with van der Waals surface area (Å²) in [7, 11) is 0. The smallest absolute Gasteiger partial charge is 0.223 e. The first-order chi connectivity index (χ1) is 10.7. The number of aryl methyl sites for hydroxylation is 1. The molecule has 3 nitrogen and oxygen atoms in total. The van der Waals surface area contributed by atoms with Crippen LogP contribution in [-0.2, 0) is 11.2 Å². The molecule has 3 N–H and O–H groups in total. The minimum Gasteiger partial charge on any atom is -0.399 e. The molecule has 0 aliphatic heterocycles. The molecular formula is C19H29ClN2O. The average Bonchev–Trinajstić information content (AvgIpc) is 2.46. The molecule has 0 bridgehead atoms. The van der Waals surface area contributed by atoms with Crippen molar-refractivity contribution in [2.75, 3.05) is 5.73 Å². The van der Waals surface area contributed by atoms with Gasteiger partial charge in [0.15, 0.2) is 0 Å². The number of hydrogen-bond donors (Lipinski definition) is 2. The van der Waals surface area contributed by atoms with Crippen LogP contribution in [0.2, 0.25) is 0 Å². The molecule has 1 aromatic carbocycles. The first-order valence-corrected chi connectivity index (χ1v) is 8.93. The third-order valence-corrected chi connectivity index (χ3v) is 5.27. The lowest BCUT2D eigenvalue weighted by atomic mass is 9.86. The Hall–Kier alpha value is -1.22. The summed E-state index contributed by atoms with van der Waals surface area (Å²) < 4.78 is 0. The first-order valence-electron chi connectivity index (χ1n) is 8.93. The van der Waals surface area contributed by atoms with E-state index in [0.717, 1.165) is 37.8 Å². The molecule has 0 aromatic heterocycles. The van der Waals surface area contributed by atoms with Gasteiger partial charge in [0.25, 0.3) is 0 Å².